The Morgan fingerprint density at radius 3 is 2.90 bits per heavy atom. The Bertz CT molecular complexity index is 407. The molecule has 1 fully saturated rings. The van der Waals surface area contributed by atoms with Gasteiger partial charge in [-0.05, 0) is 24.8 Å². The number of hydrogen-bond acceptors (Lipinski definition) is 3. The highest BCUT2D eigenvalue weighted by Crippen LogP contribution is 2.13. The number of carboxylic acids is 1. The van der Waals surface area contributed by atoms with Crippen molar-refractivity contribution >= 4 is 5.97 Å². The first kappa shape index (κ1) is 15.0. The SMILES string of the molecule is O=C(O)CCN1CC[C@H](OCCCc2ccccc2)C1. The summed E-state index contributed by atoms with van der Waals surface area (Å²) in [7, 11) is 0. The van der Waals surface area contributed by atoms with Crippen molar-refractivity contribution in [3.05, 3.63) is 35.9 Å². The number of aryl methyl sites for hydroxylation is 1. The molecule has 1 aliphatic heterocycles. The van der Waals surface area contributed by atoms with Gasteiger partial charge in [0.2, 0.25) is 0 Å². The van der Waals surface area contributed by atoms with E-state index in [-0.39, 0.29) is 12.5 Å². The van der Waals surface area contributed by atoms with Gasteiger partial charge in [-0.1, -0.05) is 30.3 Å². The zero-order valence-corrected chi connectivity index (χ0v) is 11.8. The molecule has 0 aliphatic carbocycles. The van der Waals surface area contributed by atoms with Gasteiger partial charge in [0.25, 0.3) is 0 Å². The van der Waals surface area contributed by atoms with Crippen molar-refractivity contribution in [2.45, 2.75) is 31.8 Å². The third-order valence-electron chi connectivity index (χ3n) is 3.68. The molecule has 0 radical (unpaired) electrons. The van der Waals surface area contributed by atoms with Gasteiger partial charge in [-0.2, -0.15) is 0 Å². The average Bonchev–Trinajstić information content (AvgIpc) is 2.90. The van der Waals surface area contributed by atoms with Crippen molar-refractivity contribution < 1.29 is 14.6 Å². The molecule has 0 amide bonds. The van der Waals surface area contributed by atoms with Crippen LogP contribution < -0.4 is 0 Å². The highest BCUT2D eigenvalue weighted by atomic mass is 16.5. The number of carbonyl (C=O) groups is 1. The van der Waals surface area contributed by atoms with Crippen LogP contribution in [-0.2, 0) is 16.0 Å². The standard InChI is InChI=1S/C16H23NO3/c18-16(19)9-11-17-10-8-15(13-17)20-12-4-7-14-5-2-1-3-6-14/h1-3,5-6,15H,4,7-13H2,(H,18,19)/t15-/m0/s1. The first-order chi connectivity index (χ1) is 9.74. The molecule has 1 aromatic rings. The van der Waals surface area contributed by atoms with E-state index in [1.807, 2.05) is 6.07 Å². The second-order valence-corrected chi connectivity index (χ2v) is 5.31. The van der Waals surface area contributed by atoms with Crippen LogP contribution in [0.5, 0.6) is 0 Å². The van der Waals surface area contributed by atoms with Gasteiger partial charge in [0, 0.05) is 26.2 Å². The van der Waals surface area contributed by atoms with Crippen LogP contribution in [-0.4, -0.2) is 48.3 Å². The molecule has 0 saturated carbocycles. The molecule has 0 bridgehead atoms. The lowest BCUT2D eigenvalue weighted by Crippen LogP contribution is -2.26. The number of rotatable bonds is 8. The topological polar surface area (TPSA) is 49.8 Å². The van der Waals surface area contributed by atoms with Crippen LogP contribution >= 0.6 is 0 Å². The van der Waals surface area contributed by atoms with Crippen molar-refractivity contribution in [2.24, 2.45) is 0 Å². The van der Waals surface area contributed by atoms with E-state index in [2.05, 4.69) is 29.2 Å². The number of nitrogens with zero attached hydrogens (tertiary/aromatic N) is 1. The van der Waals surface area contributed by atoms with Gasteiger partial charge in [-0.15, -0.1) is 0 Å². The normalized spacial score (nSPS) is 19.3. The first-order valence-electron chi connectivity index (χ1n) is 7.34. The summed E-state index contributed by atoms with van der Waals surface area (Å²) in [5.74, 6) is -0.725. The van der Waals surface area contributed by atoms with Crippen LogP contribution in [0, 0.1) is 0 Å². The third kappa shape index (κ3) is 5.31. The second-order valence-electron chi connectivity index (χ2n) is 5.31. The lowest BCUT2D eigenvalue weighted by molar-refractivity contribution is -0.137. The maximum Gasteiger partial charge on any atom is 0.304 e. The van der Waals surface area contributed by atoms with Crippen molar-refractivity contribution in [2.75, 3.05) is 26.2 Å². The first-order valence-corrected chi connectivity index (χ1v) is 7.34. The molecule has 4 heteroatoms. The zero-order chi connectivity index (χ0) is 14.2. The van der Waals surface area contributed by atoms with E-state index in [0.29, 0.717) is 6.54 Å². The fraction of sp³-hybridized carbons (Fsp3) is 0.562. The Hall–Kier alpha value is -1.39. The third-order valence-corrected chi connectivity index (χ3v) is 3.68. The zero-order valence-electron chi connectivity index (χ0n) is 11.8. The summed E-state index contributed by atoms with van der Waals surface area (Å²) in [4.78, 5) is 12.7. The maximum absolute atomic E-state index is 10.5. The Morgan fingerprint density at radius 1 is 1.35 bits per heavy atom. The van der Waals surface area contributed by atoms with Crippen molar-refractivity contribution in [1.82, 2.24) is 4.90 Å². The molecule has 1 aromatic carbocycles. The minimum absolute atomic E-state index is 0.223. The molecule has 0 spiro atoms. The van der Waals surface area contributed by atoms with Gasteiger partial charge in [-0.25, -0.2) is 0 Å². The van der Waals surface area contributed by atoms with Crippen LogP contribution in [0.15, 0.2) is 30.3 Å². The van der Waals surface area contributed by atoms with E-state index in [4.69, 9.17) is 9.84 Å². The monoisotopic (exact) mass is 277 g/mol. The quantitative estimate of drug-likeness (QED) is 0.740. The van der Waals surface area contributed by atoms with E-state index in [9.17, 15) is 4.79 Å². The fourth-order valence-electron chi connectivity index (χ4n) is 2.56. The van der Waals surface area contributed by atoms with Crippen LogP contribution in [0.4, 0.5) is 0 Å². The summed E-state index contributed by atoms with van der Waals surface area (Å²) in [6.45, 7) is 3.25. The van der Waals surface area contributed by atoms with Crippen LogP contribution in [0.1, 0.15) is 24.8 Å². The van der Waals surface area contributed by atoms with E-state index < -0.39 is 5.97 Å². The molecule has 1 N–H and O–H groups in total. The Morgan fingerprint density at radius 2 is 2.15 bits per heavy atom. The molecule has 4 nitrogen and oxygen atoms in total. The molecule has 0 unspecified atom stereocenters. The van der Waals surface area contributed by atoms with E-state index in [0.717, 1.165) is 39.0 Å². The highest BCUT2D eigenvalue weighted by Gasteiger charge is 2.22. The van der Waals surface area contributed by atoms with Gasteiger partial charge in [-0.3, -0.25) is 4.79 Å². The molecule has 1 heterocycles. The molecule has 1 aliphatic rings. The van der Waals surface area contributed by atoms with Gasteiger partial charge in [0.15, 0.2) is 0 Å². The van der Waals surface area contributed by atoms with Crippen molar-refractivity contribution in [1.29, 1.82) is 0 Å². The fourth-order valence-corrected chi connectivity index (χ4v) is 2.56. The molecule has 1 atom stereocenters. The summed E-state index contributed by atoms with van der Waals surface area (Å²) in [6, 6.07) is 10.4. The van der Waals surface area contributed by atoms with Gasteiger partial charge in [0.1, 0.15) is 0 Å². The predicted molar refractivity (Wildman–Crippen MR) is 77.8 cm³/mol. The van der Waals surface area contributed by atoms with Crippen molar-refractivity contribution in [3.63, 3.8) is 0 Å². The van der Waals surface area contributed by atoms with Crippen LogP contribution in [0.2, 0.25) is 0 Å². The lowest BCUT2D eigenvalue weighted by Gasteiger charge is -2.15. The van der Waals surface area contributed by atoms with E-state index >= 15 is 0 Å². The number of likely N-dealkylation sites (tertiary alicyclic amines) is 1. The molecule has 110 valence electrons. The lowest BCUT2D eigenvalue weighted by atomic mass is 10.1. The second kappa shape index (κ2) is 8.02. The summed E-state index contributed by atoms with van der Waals surface area (Å²) in [5, 5.41) is 8.66. The van der Waals surface area contributed by atoms with Gasteiger partial charge in [0.05, 0.1) is 12.5 Å². The Labute approximate surface area is 120 Å². The Kier molecular flexibility index (Phi) is 6.02. The number of aliphatic carboxylic acids is 1. The minimum Gasteiger partial charge on any atom is -0.481 e. The molecule has 1 saturated heterocycles. The minimum atomic E-state index is -0.725. The summed E-state index contributed by atoms with van der Waals surface area (Å²) >= 11 is 0. The maximum atomic E-state index is 10.5. The smallest absolute Gasteiger partial charge is 0.304 e. The van der Waals surface area contributed by atoms with Gasteiger partial charge >= 0.3 is 5.97 Å². The Balaban J connectivity index is 1.56. The number of benzene rings is 1. The summed E-state index contributed by atoms with van der Waals surface area (Å²) in [5.41, 5.74) is 1.35. The molecule has 2 rings (SSSR count). The van der Waals surface area contributed by atoms with Crippen molar-refractivity contribution in [3.8, 4) is 0 Å². The van der Waals surface area contributed by atoms with E-state index in [1.54, 1.807) is 0 Å². The summed E-state index contributed by atoms with van der Waals surface area (Å²) in [6.07, 6.45) is 3.61. The highest BCUT2D eigenvalue weighted by molar-refractivity contribution is 5.66. The molecular weight excluding hydrogens is 254 g/mol. The predicted octanol–water partition coefficient (Wildman–Crippen LogP) is 2.18. The van der Waals surface area contributed by atoms with Crippen LogP contribution in [0.3, 0.4) is 0 Å². The molecular formula is C16H23NO3. The number of ether oxygens (including phenoxy) is 1. The number of carboxylic acid groups (broad SMARTS) is 1. The van der Waals surface area contributed by atoms with E-state index in [1.165, 1.54) is 5.56 Å². The average molecular weight is 277 g/mol. The summed E-state index contributed by atoms with van der Waals surface area (Å²) < 4.78 is 5.87. The van der Waals surface area contributed by atoms with Gasteiger partial charge < -0.3 is 14.7 Å². The van der Waals surface area contributed by atoms with Crippen LogP contribution in [0.25, 0.3) is 0 Å². The largest absolute Gasteiger partial charge is 0.481 e. The molecule has 0 aromatic heterocycles. The number of hydrogen-bond donors (Lipinski definition) is 1. The molecule has 20 heavy (non-hydrogen) atoms.